The summed E-state index contributed by atoms with van der Waals surface area (Å²) in [5, 5.41) is 0.194. The van der Waals surface area contributed by atoms with E-state index in [4.69, 9.17) is 11.6 Å². The molecule has 0 unspecified atom stereocenters. The lowest BCUT2D eigenvalue weighted by atomic mass is 10.7. The fourth-order valence-electron chi connectivity index (χ4n) is 0.432. The van der Waals surface area contributed by atoms with Crippen LogP contribution in [0.5, 0.6) is 5.88 Å². The molecule has 0 spiro atoms. The number of rotatable bonds is 2. The number of carbonyl (C=O) groups excluding carboxylic acids is 1. The average molecular weight is 159 g/mol. The maximum Gasteiger partial charge on any atom is 0.299 e. The molecule has 0 atom stereocenters. The van der Waals surface area contributed by atoms with Crippen molar-refractivity contribution in [1.82, 2.24) is 9.97 Å². The maximum absolute atomic E-state index is 9.75. The summed E-state index contributed by atoms with van der Waals surface area (Å²) in [7, 11) is 0. The van der Waals surface area contributed by atoms with Crippen LogP contribution in [0.4, 0.5) is 0 Å². The molecule has 4 nitrogen and oxygen atoms in total. The van der Waals surface area contributed by atoms with Crippen LogP contribution in [0.15, 0.2) is 12.4 Å². The molecule has 1 rings (SSSR count). The minimum Gasteiger partial charge on any atom is -0.408 e. The largest absolute Gasteiger partial charge is 0.408 e. The van der Waals surface area contributed by atoms with Crippen molar-refractivity contribution in [2.45, 2.75) is 0 Å². The zero-order valence-corrected chi connectivity index (χ0v) is 5.58. The van der Waals surface area contributed by atoms with Crippen molar-refractivity contribution in [3.05, 3.63) is 17.5 Å². The number of aromatic nitrogens is 2. The number of hydrogen-bond donors (Lipinski definition) is 0. The standard InChI is InChI=1S/C5H3ClN2O2/c6-4-1-7-2-5(8-4)10-3-9/h1-3H. The van der Waals surface area contributed by atoms with Gasteiger partial charge in [0.05, 0.1) is 12.4 Å². The molecule has 0 aromatic carbocycles. The lowest BCUT2D eigenvalue weighted by Gasteiger charge is -1.93. The lowest BCUT2D eigenvalue weighted by Crippen LogP contribution is -1.92. The molecule has 52 valence electrons. The summed E-state index contributed by atoms with van der Waals surface area (Å²) in [6.07, 6.45) is 2.64. The molecule has 0 aliphatic rings. The second-order valence-corrected chi connectivity index (χ2v) is 1.78. The van der Waals surface area contributed by atoms with Crippen LogP contribution in [-0.2, 0) is 4.79 Å². The minimum absolute atomic E-state index is 0.0995. The van der Waals surface area contributed by atoms with Gasteiger partial charge in [-0.05, 0) is 0 Å². The van der Waals surface area contributed by atoms with Crippen molar-refractivity contribution in [3.63, 3.8) is 0 Å². The Kier molecular flexibility index (Phi) is 2.17. The van der Waals surface area contributed by atoms with Crippen LogP contribution >= 0.6 is 11.6 Å². The molecule has 0 amide bonds. The normalized spacial score (nSPS) is 8.90. The Hall–Kier alpha value is -1.16. The number of hydrogen-bond acceptors (Lipinski definition) is 4. The van der Waals surface area contributed by atoms with Gasteiger partial charge in [-0.2, -0.15) is 4.98 Å². The Morgan fingerprint density at radius 3 is 3.00 bits per heavy atom. The summed E-state index contributed by atoms with van der Waals surface area (Å²) in [5.74, 6) is 0.0995. The Balaban J connectivity index is 2.84. The third-order valence-electron chi connectivity index (χ3n) is 0.752. The summed E-state index contributed by atoms with van der Waals surface area (Å²) < 4.78 is 4.35. The number of nitrogens with zero attached hydrogens (tertiary/aromatic N) is 2. The van der Waals surface area contributed by atoms with E-state index in [9.17, 15) is 4.79 Å². The van der Waals surface area contributed by atoms with Crippen LogP contribution in [-0.4, -0.2) is 16.4 Å². The average Bonchev–Trinajstić information content (AvgIpc) is 1.88. The minimum atomic E-state index is 0.0995. The fourth-order valence-corrected chi connectivity index (χ4v) is 0.571. The van der Waals surface area contributed by atoms with Crippen LogP contribution in [0.3, 0.4) is 0 Å². The van der Waals surface area contributed by atoms with Crippen molar-refractivity contribution in [2.24, 2.45) is 0 Å². The topological polar surface area (TPSA) is 52.1 Å². The summed E-state index contributed by atoms with van der Waals surface area (Å²) >= 11 is 5.41. The van der Waals surface area contributed by atoms with Gasteiger partial charge in [0.25, 0.3) is 6.47 Å². The molecular weight excluding hydrogens is 156 g/mol. The number of halogens is 1. The second-order valence-electron chi connectivity index (χ2n) is 1.39. The van der Waals surface area contributed by atoms with Gasteiger partial charge < -0.3 is 4.74 Å². The summed E-state index contributed by atoms with van der Waals surface area (Å²) in [4.78, 5) is 17.0. The summed E-state index contributed by atoms with van der Waals surface area (Å²) in [6, 6.07) is 0. The van der Waals surface area contributed by atoms with Crippen LogP contribution < -0.4 is 4.74 Å². The second kappa shape index (κ2) is 3.12. The zero-order valence-electron chi connectivity index (χ0n) is 4.82. The van der Waals surface area contributed by atoms with Crippen molar-refractivity contribution in [3.8, 4) is 5.88 Å². The molecule has 0 fully saturated rings. The van der Waals surface area contributed by atoms with E-state index in [0.29, 0.717) is 0 Å². The van der Waals surface area contributed by atoms with Gasteiger partial charge in [-0.1, -0.05) is 11.6 Å². The van der Waals surface area contributed by atoms with Crippen LogP contribution in [0.1, 0.15) is 0 Å². The molecule has 10 heavy (non-hydrogen) atoms. The van der Waals surface area contributed by atoms with E-state index < -0.39 is 0 Å². The van der Waals surface area contributed by atoms with Gasteiger partial charge in [0, 0.05) is 0 Å². The first-order valence-electron chi connectivity index (χ1n) is 2.41. The van der Waals surface area contributed by atoms with E-state index in [-0.39, 0.29) is 17.5 Å². The van der Waals surface area contributed by atoms with E-state index in [1.165, 1.54) is 12.4 Å². The molecule has 1 aromatic rings. The van der Waals surface area contributed by atoms with Gasteiger partial charge >= 0.3 is 0 Å². The molecule has 0 saturated carbocycles. The molecule has 5 heteroatoms. The first-order valence-corrected chi connectivity index (χ1v) is 2.78. The van der Waals surface area contributed by atoms with Crippen molar-refractivity contribution in [2.75, 3.05) is 0 Å². The summed E-state index contributed by atoms with van der Waals surface area (Å²) in [5.41, 5.74) is 0. The van der Waals surface area contributed by atoms with Crippen molar-refractivity contribution < 1.29 is 9.53 Å². The van der Waals surface area contributed by atoms with Crippen LogP contribution in [0.2, 0.25) is 5.15 Å². The predicted octanol–water partition coefficient (Wildman–Crippen LogP) is 0.665. The molecule has 0 aliphatic heterocycles. The maximum atomic E-state index is 9.75. The van der Waals surface area contributed by atoms with Crippen LogP contribution in [0, 0.1) is 0 Å². The Morgan fingerprint density at radius 1 is 1.60 bits per heavy atom. The Morgan fingerprint density at radius 2 is 2.40 bits per heavy atom. The molecule has 0 aliphatic carbocycles. The Labute approximate surface area is 61.8 Å². The fraction of sp³-hybridized carbons (Fsp3) is 0. The van der Waals surface area contributed by atoms with E-state index in [1.807, 2.05) is 0 Å². The van der Waals surface area contributed by atoms with Crippen molar-refractivity contribution >= 4 is 18.1 Å². The highest BCUT2D eigenvalue weighted by Gasteiger charge is 1.94. The van der Waals surface area contributed by atoms with Gasteiger partial charge in [0.2, 0.25) is 5.88 Å². The van der Waals surface area contributed by atoms with Crippen molar-refractivity contribution in [1.29, 1.82) is 0 Å². The quantitative estimate of drug-likeness (QED) is 0.594. The first-order chi connectivity index (χ1) is 4.83. The monoisotopic (exact) mass is 158 g/mol. The third kappa shape index (κ3) is 1.66. The highest BCUT2D eigenvalue weighted by atomic mass is 35.5. The first kappa shape index (κ1) is 6.95. The van der Waals surface area contributed by atoms with E-state index in [0.717, 1.165) is 0 Å². The predicted molar refractivity (Wildman–Crippen MR) is 33.7 cm³/mol. The molecule has 1 aromatic heterocycles. The van der Waals surface area contributed by atoms with E-state index in [1.54, 1.807) is 0 Å². The molecule has 0 N–H and O–H groups in total. The smallest absolute Gasteiger partial charge is 0.299 e. The summed E-state index contributed by atoms with van der Waals surface area (Å²) in [6.45, 7) is 0.264. The van der Waals surface area contributed by atoms with Gasteiger partial charge in [-0.15, -0.1) is 0 Å². The highest BCUT2D eigenvalue weighted by molar-refractivity contribution is 6.29. The van der Waals surface area contributed by atoms with Gasteiger partial charge in [-0.25, -0.2) is 0 Å². The van der Waals surface area contributed by atoms with Crippen LogP contribution in [0.25, 0.3) is 0 Å². The number of ether oxygens (including phenoxy) is 1. The zero-order chi connectivity index (χ0) is 7.40. The van der Waals surface area contributed by atoms with E-state index >= 15 is 0 Å². The molecule has 0 bridgehead atoms. The molecule has 0 saturated heterocycles. The molecular formula is C5H3ClN2O2. The third-order valence-corrected chi connectivity index (χ3v) is 0.934. The van der Waals surface area contributed by atoms with Gasteiger partial charge in [0.15, 0.2) is 5.15 Å². The number of carbonyl (C=O) groups is 1. The Bertz CT molecular complexity index is 241. The van der Waals surface area contributed by atoms with E-state index in [2.05, 4.69) is 14.7 Å². The molecule has 0 radical (unpaired) electrons. The SMILES string of the molecule is O=COc1cncc(Cl)n1. The van der Waals surface area contributed by atoms with Gasteiger partial charge in [0.1, 0.15) is 0 Å². The van der Waals surface area contributed by atoms with Gasteiger partial charge in [-0.3, -0.25) is 9.78 Å². The highest BCUT2D eigenvalue weighted by Crippen LogP contribution is 2.07. The molecule has 1 heterocycles. The lowest BCUT2D eigenvalue weighted by molar-refractivity contribution is -0.120.